The molecule has 0 radical (unpaired) electrons. The smallest absolute Gasteiger partial charge is 0.0636 e. The van der Waals surface area contributed by atoms with E-state index < -0.39 is 6.10 Å². The van der Waals surface area contributed by atoms with E-state index in [2.05, 4.69) is 13.8 Å². The Bertz CT molecular complexity index is 450. The number of aliphatic hydroxyl groups is 1. The van der Waals surface area contributed by atoms with Gasteiger partial charge in [0.05, 0.1) is 28.4 Å². The molecule has 1 aromatic carbocycles. The first kappa shape index (κ1) is 15.1. The van der Waals surface area contributed by atoms with Crippen molar-refractivity contribution in [3.8, 4) is 0 Å². The molecule has 0 aromatic heterocycles. The van der Waals surface area contributed by atoms with Crippen molar-refractivity contribution in [1.29, 1.82) is 0 Å². The summed E-state index contributed by atoms with van der Waals surface area (Å²) in [6.07, 6.45) is 0.435. The topological polar surface area (TPSA) is 29.5 Å². The Morgan fingerprint density at radius 2 is 1.84 bits per heavy atom. The van der Waals surface area contributed by atoms with Gasteiger partial charge < -0.3 is 9.84 Å². The minimum Gasteiger partial charge on any atom is -0.392 e. The number of ether oxygens (including phenoxy) is 1. The van der Waals surface area contributed by atoms with Gasteiger partial charge in [-0.2, -0.15) is 0 Å². The van der Waals surface area contributed by atoms with E-state index in [-0.39, 0.29) is 18.1 Å². The molecule has 1 aliphatic rings. The molecule has 106 valence electrons. The minimum atomic E-state index is -0.424. The molecule has 0 spiro atoms. The van der Waals surface area contributed by atoms with Crippen LogP contribution in [0.25, 0.3) is 0 Å². The summed E-state index contributed by atoms with van der Waals surface area (Å²) in [5.41, 5.74) is 1.00. The summed E-state index contributed by atoms with van der Waals surface area (Å²) < 4.78 is 5.78. The molecule has 1 N–H and O–H groups in total. The normalized spacial score (nSPS) is 32.5. The quantitative estimate of drug-likeness (QED) is 0.916. The van der Waals surface area contributed by atoms with Crippen molar-refractivity contribution in [2.45, 2.75) is 45.5 Å². The van der Waals surface area contributed by atoms with Gasteiger partial charge >= 0.3 is 0 Å². The molecule has 1 saturated heterocycles. The van der Waals surface area contributed by atoms with Gasteiger partial charge in [0.15, 0.2) is 0 Å². The van der Waals surface area contributed by atoms with Crippen LogP contribution in [0.1, 0.15) is 26.3 Å². The van der Waals surface area contributed by atoms with Crippen LogP contribution in [0.15, 0.2) is 18.2 Å². The van der Waals surface area contributed by atoms with Crippen LogP contribution in [0.5, 0.6) is 0 Å². The maximum Gasteiger partial charge on any atom is 0.0636 e. The number of hydrogen-bond donors (Lipinski definition) is 1. The highest BCUT2D eigenvalue weighted by Gasteiger charge is 2.40. The molecule has 1 aromatic rings. The molecule has 1 aliphatic heterocycles. The molecule has 0 amide bonds. The van der Waals surface area contributed by atoms with Crippen molar-refractivity contribution in [1.82, 2.24) is 0 Å². The van der Waals surface area contributed by atoms with Crippen molar-refractivity contribution in [3.63, 3.8) is 0 Å². The number of aliphatic hydroxyl groups excluding tert-OH is 1. The molecule has 2 nitrogen and oxygen atoms in total. The van der Waals surface area contributed by atoms with Crippen LogP contribution < -0.4 is 0 Å². The Hall–Kier alpha value is -0.280. The van der Waals surface area contributed by atoms with Gasteiger partial charge in [-0.05, 0) is 43.9 Å². The largest absolute Gasteiger partial charge is 0.392 e. The second-order valence-electron chi connectivity index (χ2n) is 5.50. The van der Waals surface area contributed by atoms with E-state index in [0.29, 0.717) is 22.4 Å². The van der Waals surface area contributed by atoms with Gasteiger partial charge in [-0.25, -0.2) is 0 Å². The Morgan fingerprint density at radius 1 is 1.16 bits per heavy atom. The maximum atomic E-state index is 10.5. The van der Waals surface area contributed by atoms with Crippen molar-refractivity contribution in [2.75, 3.05) is 0 Å². The van der Waals surface area contributed by atoms with Crippen LogP contribution in [0.4, 0.5) is 0 Å². The van der Waals surface area contributed by atoms with Crippen molar-refractivity contribution in [2.24, 2.45) is 11.8 Å². The fraction of sp³-hybridized carbons (Fsp3) is 0.600. The highest BCUT2D eigenvalue weighted by Crippen LogP contribution is 2.35. The average Bonchev–Trinajstić information content (AvgIpc) is 2.58. The standard InChI is InChI=1S/C15H20Cl2O2/c1-8-9(2)19-10(3)15(8)14(18)7-11-4-5-12(16)13(17)6-11/h4-6,8-10,14-15,18H,7H2,1-3H3. The van der Waals surface area contributed by atoms with Gasteiger partial charge in [-0.15, -0.1) is 0 Å². The third-order valence-electron chi connectivity index (χ3n) is 4.19. The molecule has 4 heteroatoms. The van der Waals surface area contributed by atoms with E-state index in [1.54, 1.807) is 6.07 Å². The molecular weight excluding hydrogens is 283 g/mol. The van der Waals surface area contributed by atoms with Gasteiger partial charge in [0.1, 0.15) is 0 Å². The molecule has 1 fully saturated rings. The lowest BCUT2D eigenvalue weighted by Crippen LogP contribution is -2.32. The summed E-state index contributed by atoms with van der Waals surface area (Å²) >= 11 is 11.9. The first-order valence-corrected chi connectivity index (χ1v) is 7.43. The second-order valence-corrected chi connectivity index (χ2v) is 6.32. The molecule has 5 atom stereocenters. The lowest BCUT2D eigenvalue weighted by atomic mass is 9.83. The zero-order valence-electron chi connectivity index (χ0n) is 11.4. The SMILES string of the molecule is CC1OC(C)C(C(O)Cc2ccc(Cl)c(Cl)c2)C1C. The molecule has 0 saturated carbocycles. The number of hydrogen-bond acceptors (Lipinski definition) is 2. The summed E-state index contributed by atoms with van der Waals surface area (Å²) in [5, 5.41) is 11.5. The zero-order valence-corrected chi connectivity index (χ0v) is 12.9. The van der Waals surface area contributed by atoms with Gasteiger partial charge in [-0.1, -0.05) is 36.2 Å². The number of benzene rings is 1. The molecule has 0 aliphatic carbocycles. The molecule has 0 bridgehead atoms. The minimum absolute atomic E-state index is 0.0859. The first-order valence-electron chi connectivity index (χ1n) is 6.67. The molecule has 2 rings (SSSR count). The van der Waals surface area contributed by atoms with E-state index in [1.165, 1.54) is 0 Å². The van der Waals surface area contributed by atoms with E-state index in [0.717, 1.165) is 5.56 Å². The van der Waals surface area contributed by atoms with Crippen LogP contribution in [-0.4, -0.2) is 23.4 Å². The average molecular weight is 303 g/mol. The number of halogens is 2. The Kier molecular flexibility index (Phi) is 4.78. The third-order valence-corrected chi connectivity index (χ3v) is 4.93. The van der Waals surface area contributed by atoms with E-state index in [1.807, 2.05) is 19.1 Å². The van der Waals surface area contributed by atoms with Crippen molar-refractivity contribution in [3.05, 3.63) is 33.8 Å². The third kappa shape index (κ3) is 3.25. The molecular formula is C15H20Cl2O2. The summed E-state index contributed by atoms with van der Waals surface area (Å²) in [4.78, 5) is 0. The molecule has 19 heavy (non-hydrogen) atoms. The van der Waals surface area contributed by atoms with Gasteiger partial charge in [-0.3, -0.25) is 0 Å². The predicted molar refractivity (Wildman–Crippen MR) is 78.8 cm³/mol. The Labute approximate surface area is 124 Å². The van der Waals surface area contributed by atoms with Gasteiger partial charge in [0, 0.05) is 5.92 Å². The van der Waals surface area contributed by atoms with Gasteiger partial charge in [0.25, 0.3) is 0 Å². The highest BCUT2D eigenvalue weighted by atomic mass is 35.5. The monoisotopic (exact) mass is 302 g/mol. The van der Waals surface area contributed by atoms with Crippen LogP contribution in [0.2, 0.25) is 10.0 Å². The highest BCUT2D eigenvalue weighted by molar-refractivity contribution is 6.42. The van der Waals surface area contributed by atoms with Crippen molar-refractivity contribution < 1.29 is 9.84 Å². The van der Waals surface area contributed by atoms with Crippen LogP contribution in [0.3, 0.4) is 0 Å². The van der Waals surface area contributed by atoms with E-state index >= 15 is 0 Å². The summed E-state index contributed by atoms with van der Waals surface area (Å²) in [6.45, 7) is 6.23. The zero-order chi connectivity index (χ0) is 14.2. The maximum absolute atomic E-state index is 10.5. The van der Waals surface area contributed by atoms with Crippen LogP contribution in [-0.2, 0) is 11.2 Å². The van der Waals surface area contributed by atoms with Crippen LogP contribution in [0, 0.1) is 11.8 Å². The van der Waals surface area contributed by atoms with E-state index in [9.17, 15) is 5.11 Å². The van der Waals surface area contributed by atoms with E-state index in [4.69, 9.17) is 27.9 Å². The Morgan fingerprint density at radius 3 is 2.37 bits per heavy atom. The fourth-order valence-electron chi connectivity index (χ4n) is 3.00. The molecule has 1 heterocycles. The Balaban J connectivity index is 2.08. The number of rotatable bonds is 3. The van der Waals surface area contributed by atoms with Gasteiger partial charge in [0.2, 0.25) is 0 Å². The fourth-order valence-corrected chi connectivity index (χ4v) is 3.32. The van der Waals surface area contributed by atoms with Crippen LogP contribution >= 0.6 is 23.2 Å². The predicted octanol–water partition coefficient (Wildman–Crippen LogP) is 3.96. The summed E-state index contributed by atoms with van der Waals surface area (Å²) in [5.74, 6) is 0.511. The second kappa shape index (κ2) is 6.01. The molecule has 5 unspecified atom stereocenters. The summed E-state index contributed by atoms with van der Waals surface area (Å²) in [6, 6.07) is 5.50. The lowest BCUT2D eigenvalue weighted by molar-refractivity contribution is 0.0240. The lowest BCUT2D eigenvalue weighted by Gasteiger charge is -2.24. The summed E-state index contributed by atoms with van der Waals surface area (Å²) in [7, 11) is 0. The first-order chi connectivity index (χ1) is 8.90. The van der Waals surface area contributed by atoms with Crippen molar-refractivity contribution >= 4 is 23.2 Å².